The summed E-state index contributed by atoms with van der Waals surface area (Å²) in [5.74, 6) is -0.219. The minimum absolute atomic E-state index is 0.219. The average Bonchev–Trinajstić information content (AvgIpc) is 2.42. The Labute approximate surface area is 106 Å². The maximum Gasteiger partial charge on any atom is 0.128 e. The molecule has 1 atom stereocenters. The molecule has 0 amide bonds. The summed E-state index contributed by atoms with van der Waals surface area (Å²) in [6.07, 6.45) is -0.466. The van der Waals surface area contributed by atoms with Gasteiger partial charge in [-0.15, -0.1) is 0 Å². The lowest BCUT2D eigenvalue weighted by molar-refractivity contribution is -0.677. The molecule has 0 saturated heterocycles. The molecule has 0 aromatic heterocycles. The van der Waals surface area contributed by atoms with Gasteiger partial charge in [-0.25, -0.2) is 4.39 Å². The Morgan fingerprint density at radius 3 is 2.33 bits per heavy atom. The Balaban J connectivity index is 1.80. The summed E-state index contributed by atoms with van der Waals surface area (Å²) < 4.78 is 12.7. The van der Waals surface area contributed by atoms with Crippen LogP contribution in [-0.4, -0.2) is 11.7 Å². The molecule has 0 aliphatic heterocycles. The Kier molecular flexibility index (Phi) is 4.45. The molecule has 0 heterocycles. The molecule has 0 spiro atoms. The summed E-state index contributed by atoms with van der Waals surface area (Å²) in [5.41, 5.74) is 1.98. The van der Waals surface area contributed by atoms with Crippen LogP contribution < -0.4 is 5.32 Å². The minimum Gasteiger partial charge on any atom is -0.382 e. The lowest BCUT2D eigenvalue weighted by atomic mass is 10.1. The van der Waals surface area contributed by atoms with Crippen molar-refractivity contribution in [2.75, 3.05) is 6.54 Å². The largest absolute Gasteiger partial charge is 0.382 e. The van der Waals surface area contributed by atoms with Crippen LogP contribution in [0.5, 0.6) is 0 Å². The van der Waals surface area contributed by atoms with E-state index in [1.165, 1.54) is 12.1 Å². The summed E-state index contributed by atoms with van der Waals surface area (Å²) in [6.45, 7) is 1.34. The second-order valence-electron chi connectivity index (χ2n) is 4.28. The van der Waals surface area contributed by atoms with E-state index in [1.54, 1.807) is 12.1 Å². The van der Waals surface area contributed by atoms with E-state index in [1.807, 2.05) is 35.6 Å². The molecule has 0 fully saturated rings. The normalized spacial score (nSPS) is 12.3. The molecular weight excluding hydrogens is 229 g/mol. The molecule has 0 aliphatic rings. The number of benzene rings is 2. The number of aliphatic hydroxyl groups is 1. The number of nitrogens with two attached hydrogens (primary N) is 1. The van der Waals surface area contributed by atoms with Gasteiger partial charge in [-0.2, -0.15) is 0 Å². The second-order valence-corrected chi connectivity index (χ2v) is 4.28. The molecule has 18 heavy (non-hydrogen) atoms. The lowest BCUT2D eigenvalue weighted by Gasteiger charge is -2.09. The molecule has 0 unspecified atom stereocenters. The molecule has 0 radical (unpaired) electrons. The monoisotopic (exact) mass is 246 g/mol. The summed E-state index contributed by atoms with van der Waals surface area (Å²) >= 11 is 0. The molecule has 2 nitrogen and oxygen atoms in total. The fraction of sp³-hybridized carbons (Fsp3) is 0.200. The van der Waals surface area contributed by atoms with E-state index in [0.29, 0.717) is 6.54 Å². The second kappa shape index (κ2) is 6.28. The van der Waals surface area contributed by atoms with Gasteiger partial charge in [-0.1, -0.05) is 42.5 Å². The van der Waals surface area contributed by atoms with Gasteiger partial charge < -0.3 is 10.4 Å². The predicted molar refractivity (Wildman–Crippen MR) is 68.3 cm³/mol. The van der Waals surface area contributed by atoms with Crippen molar-refractivity contribution in [3.05, 3.63) is 71.5 Å². The smallest absolute Gasteiger partial charge is 0.128 e. The van der Waals surface area contributed by atoms with E-state index >= 15 is 0 Å². The summed E-state index contributed by atoms with van der Waals surface area (Å²) in [5, 5.41) is 12.0. The lowest BCUT2D eigenvalue weighted by Crippen LogP contribution is -2.83. The third-order valence-corrected chi connectivity index (χ3v) is 2.87. The van der Waals surface area contributed by atoms with Gasteiger partial charge in [0.1, 0.15) is 25.0 Å². The first-order valence-corrected chi connectivity index (χ1v) is 6.05. The van der Waals surface area contributed by atoms with Crippen LogP contribution in [-0.2, 0) is 6.54 Å². The molecule has 0 aliphatic carbocycles. The number of quaternary nitrogens is 1. The maximum atomic E-state index is 12.7. The van der Waals surface area contributed by atoms with Gasteiger partial charge in [-0.05, 0) is 17.7 Å². The fourth-order valence-electron chi connectivity index (χ4n) is 1.84. The fourth-order valence-corrected chi connectivity index (χ4v) is 1.84. The quantitative estimate of drug-likeness (QED) is 0.826. The van der Waals surface area contributed by atoms with E-state index in [2.05, 4.69) is 0 Å². The van der Waals surface area contributed by atoms with Gasteiger partial charge >= 0.3 is 0 Å². The molecule has 3 heteroatoms. The predicted octanol–water partition coefficient (Wildman–Crippen LogP) is 1.62. The van der Waals surface area contributed by atoms with Gasteiger partial charge in [0.05, 0.1) is 0 Å². The van der Waals surface area contributed by atoms with Crippen LogP contribution in [0, 0.1) is 5.82 Å². The van der Waals surface area contributed by atoms with E-state index in [9.17, 15) is 9.50 Å². The van der Waals surface area contributed by atoms with Crippen molar-refractivity contribution in [2.24, 2.45) is 0 Å². The topological polar surface area (TPSA) is 36.8 Å². The Morgan fingerprint density at radius 1 is 1.00 bits per heavy atom. The number of hydrogen-bond donors (Lipinski definition) is 2. The number of hydrogen-bond acceptors (Lipinski definition) is 1. The molecule has 2 aromatic rings. The van der Waals surface area contributed by atoms with Crippen molar-refractivity contribution in [3.8, 4) is 0 Å². The van der Waals surface area contributed by atoms with Crippen LogP contribution in [0.15, 0.2) is 54.6 Å². The number of aliphatic hydroxyl groups excluding tert-OH is 1. The third-order valence-electron chi connectivity index (χ3n) is 2.87. The van der Waals surface area contributed by atoms with Gasteiger partial charge in [0.25, 0.3) is 0 Å². The average molecular weight is 246 g/mol. The standard InChI is InChI=1S/C15H16FNO/c16-14-8-6-12(7-9-14)10-17-11-15(18)13-4-2-1-3-5-13/h1-9,15,17-18H,10-11H2/p+1/t15-/m0/s1. The highest BCUT2D eigenvalue weighted by molar-refractivity contribution is 5.17. The zero-order valence-electron chi connectivity index (χ0n) is 10.1. The zero-order valence-corrected chi connectivity index (χ0v) is 10.1. The van der Waals surface area contributed by atoms with Gasteiger partial charge in [0.2, 0.25) is 0 Å². The van der Waals surface area contributed by atoms with Crippen LogP contribution >= 0.6 is 0 Å². The Bertz CT molecular complexity index is 470. The third kappa shape index (κ3) is 3.65. The van der Waals surface area contributed by atoms with Crippen molar-refractivity contribution in [2.45, 2.75) is 12.6 Å². The Morgan fingerprint density at radius 2 is 1.67 bits per heavy atom. The zero-order chi connectivity index (χ0) is 12.8. The molecule has 2 aromatic carbocycles. The molecule has 0 bridgehead atoms. The number of rotatable bonds is 5. The van der Waals surface area contributed by atoms with Crippen molar-refractivity contribution < 1.29 is 14.8 Å². The van der Waals surface area contributed by atoms with Crippen molar-refractivity contribution in [1.29, 1.82) is 0 Å². The summed E-state index contributed by atoms with van der Waals surface area (Å²) in [4.78, 5) is 0. The van der Waals surface area contributed by atoms with E-state index < -0.39 is 6.10 Å². The first kappa shape index (κ1) is 12.7. The summed E-state index contributed by atoms with van der Waals surface area (Å²) in [6, 6.07) is 16.0. The highest BCUT2D eigenvalue weighted by atomic mass is 19.1. The van der Waals surface area contributed by atoms with Crippen LogP contribution in [0.2, 0.25) is 0 Å². The maximum absolute atomic E-state index is 12.7. The van der Waals surface area contributed by atoms with Gasteiger partial charge in [0.15, 0.2) is 0 Å². The van der Waals surface area contributed by atoms with Crippen molar-refractivity contribution in [1.82, 2.24) is 0 Å². The molecule has 2 rings (SSSR count). The molecular formula is C15H17FNO+. The van der Waals surface area contributed by atoms with Crippen molar-refractivity contribution in [3.63, 3.8) is 0 Å². The first-order chi connectivity index (χ1) is 8.75. The van der Waals surface area contributed by atoms with Gasteiger partial charge in [-0.3, -0.25) is 0 Å². The summed E-state index contributed by atoms with van der Waals surface area (Å²) in [7, 11) is 0. The highest BCUT2D eigenvalue weighted by Crippen LogP contribution is 2.09. The molecule has 0 saturated carbocycles. The van der Waals surface area contributed by atoms with Gasteiger partial charge in [0, 0.05) is 5.56 Å². The van der Waals surface area contributed by atoms with E-state index in [0.717, 1.165) is 17.7 Å². The van der Waals surface area contributed by atoms with Crippen molar-refractivity contribution >= 4 is 0 Å². The SMILES string of the molecule is O[C@@H](C[NH2+]Cc1ccc(F)cc1)c1ccccc1. The Hall–Kier alpha value is -1.71. The molecule has 94 valence electrons. The first-order valence-electron chi connectivity index (χ1n) is 6.05. The van der Waals surface area contributed by atoms with Crippen LogP contribution in [0.4, 0.5) is 4.39 Å². The number of halogens is 1. The molecule has 3 N–H and O–H groups in total. The van der Waals surface area contributed by atoms with Crippen LogP contribution in [0.25, 0.3) is 0 Å². The van der Waals surface area contributed by atoms with Crippen LogP contribution in [0.1, 0.15) is 17.2 Å². The van der Waals surface area contributed by atoms with Crippen LogP contribution in [0.3, 0.4) is 0 Å². The van der Waals surface area contributed by atoms with E-state index in [-0.39, 0.29) is 5.82 Å². The highest BCUT2D eigenvalue weighted by Gasteiger charge is 2.08. The van der Waals surface area contributed by atoms with E-state index in [4.69, 9.17) is 0 Å². The minimum atomic E-state index is -0.466.